The molecule has 4 aromatic rings. The second-order valence-electron chi connectivity index (χ2n) is 7.78. The first-order valence-corrected chi connectivity index (χ1v) is 12.9. The zero-order valence-corrected chi connectivity index (χ0v) is 21.0. The highest BCUT2D eigenvalue weighted by molar-refractivity contribution is 7.92. The lowest BCUT2D eigenvalue weighted by molar-refractivity contribution is 0.102. The van der Waals surface area contributed by atoms with E-state index in [1.807, 2.05) is 51.1 Å². The van der Waals surface area contributed by atoms with Crippen molar-refractivity contribution < 1.29 is 13.2 Å². The van der Waals surface area contributed by atoms with Gasteiger partial charge in [0.25, 0.3) is 15.9 Å². The van der Waals surface area contributed by atoms with Gasteiger partial charge in [-0.3, -0.25) is 14.8 Å². The number of anilines is 2. The Bertz CT molecular complexity index is 1480. The quantitative estimate of drug-likeness (QED) is 0.338. The SMILES string of the molecule is Cc1ccc(-c2nnc(NC(=O)c3ccc(Cl)c(S(=O)(=O)Nc4ccc(C)c(C)c4)c3)s2)cc1. The van der Waals surface area contributed by atoms with Crippen molar-refractivity contribution in [2.75, 3.05) is 10.0 Å². The number of nitrogens with zero attached hydrogens (tertiary/aromatic N) is 2. The zero-order valence-electron chi connectivity index (χ0n) is 18.6. The number of carbonyl (C=O) groups is 1. The minimum absolute atomic E-state index is 0.00505. The van der Waals surface area contributed by atoms with Crippen LogP contribution in [0.15, 0.2) is 65.6 Å². The second kappa shape index (κ2) is 9.54. The Morgan fingerprint density at radius 1 is 0.912 bits per heavy atom. The number of hydrogen-bond donors (Lipinski definition) is 2. The molecule has 1 amide bonds. The second-order valence-corrected chi connectivity index (χ2v) is 10.8. The van der Waals surface area contributed by atoms with Gasteiger partial charge in [-0.25, -0.2) is 8.42 Å². The normalized spacial score (nSPS) is 11.3. The average Bonchev–Trinajstić information content (AvgIpc) is 3.25. The van der Waals surface area contributed by atoms with Crippen LogP contribution in [-0.4, -0.2) is 24.5 Å². The molecule has 0 fully saturated rings. The number of aromatic nitrogens is 2. The molecule has 1 heterocycles. The summed E-state index contributed by atoms with van der Waals surface area (Å²) < 4.78 is 28.5. The van der Waals surface area contributed by atoms with Gasteiger partial charge in [0.05, 0.1) is 5.02 Å². The average molecular weight is 513 g/mol. The van der Waals surface area contributed by atoms with Crippen molar-refractivity contribution in [1.29, 1.82) is 0 Å². The van der Waals surface area contributed by atoms with Crippen molar-refractivity contribution in [2.24, 2.45) is 0 Å². The number of benzene rings is 3. The summed E-state index contributed by atoms with van der Waals surface area (Å²) in [5.41, 5.74) is 4.54. The molecule has 10 heteroatoms. The van der Waals surface area contributed by atoms with Gasteiger partial charge in [-0.05, 0) is 62.2 Å². The molecule has 2 N–H and O–H groups in total. The van der Waals surface area contributed by atoms with Gasteiger partial charge in [0.15, 0.2) is 0 Å². The monoisotopic (exact) mass is 512 g/mol. The minimum Gasteiger partial charge on any atom is -0.296 e. The fraction of sp³-hybridized carbons (Fsp3) is 0.125. The van der Waals surface area contributed by atoms with Crippen molar-refractivity contribution >= 4 is 49.7 Å². The Balaban J connectivity index is 1.55. The molecule has 1 aromatic heterocycles. The van der Waals surface area contributed by atoms with Crippen molar-refractivity contribution in [2.45, 2.75) is 25.7 Å². The van der Waals surface area contributed by atoms with Crippen LogP contribution in [0, 0.1) is 20.8 Å². The molecule has 0 aliphatic carbocycles. The molecule has 4 rings (SSSR count). The molecule has 0 saturated carbocycles. The summed E-state index contributed by atoms with van der Waals surface area (Å²) in [5.74, 6) is -0.522. The van der Waals surface area contributed by atoms with Gasteiger partial charge in [-0.15, -0.1) is 10.2 Å². The van der Waals surface area contributed by atoms with Gasteiger partial charge in [0.1, 0.15) is 9.90 Å². The van der Waals surface area contributed by atoms with E-state index in [-0.39, 0.29) is 15.5 Å². The number of nitrogens with one attached hydrogen (secondary N) is 2. The summed E-state index contributed by atoms with van der Waals surface area (Å²) in [5, 5.41) is 11.8. The molecule has 0 saturated heterocycles. The number of sulfonamides is 1. The first-order valence-electron chi connectivity index (χ1n) is 10.2. The largest absolute Gasteiger partial charge is 0.296 e. The van der Waals surface area contributed by atoms with Crippen molar-refractivity contribution in [3.63, 3.8) is 0 Å². The summed E-state index contributed by atoms with van der Waals surface area (Å²) in [6.45, 7) is 5.82. The fourth-order valence-corrected chi connectivity index (χ4v) is 5.44. The smallest absolute Gasteiger partial charge is 0.263 e. The van der Waals surface area contributed by atoms with Crippen LogP contribution in [0.25, 0.3) is 10.6 Å². The van der Waals surface area contributed by atoms with Gasteiger partial charge < -0.3 is 0 Å². The number of halogens is 1. The number of amides is 1. The molecule has 0 aliphatic heterocycles. The van der Waals surface area contributed by atoms with Gasteiger partial charge in [0, 0.05) is 16.8 Å². The van der Waals surface area contributed by atoms with E-state index in [0.29, 0.717) is 15.8 Å². The topological polar surface area (TPSA) is 101 Å². The van der Waals surface area contributed by atoms with E-state index in [1.54, 1.807) is 12.1 Å². The van der Waals surface area contributed by atoms with Crippen LogP contribution >= 0.6 is 22.9 Å². The molecule has 3 aromatic carbocycles. The third-order valence-corrected chi connectivity index (χ3v) is 7.94. The van der Waals surface area contributed by atoms with Crippen LogP contribution in [0.2, 0.25) is 5.02 Å². The zero-order chi connectivity index (χ0) is 24.5. The third-order valence-electron chi connectivity index (χ3n) is 5.19. The first-order chi connectivity index (χ1) is 16.1. The molecule has 0 aliphatic rings. The summed E-state index contributed by atoms with van der Waals surface area (Å²) in [6.07, 6.45) is 0. The van der Waals surface area contributed by atoms with Crippen molar-refractivity contribution in [3.8, 4) is 10.6 Å². The lowest BCUT2D eigenvalue weighted by Gasteiger charge is -2.12. The number of carbonyl (C=O) groups excluding carboxylic acids is 1. The highest BCUT2D eigenvalue weighted by Crippen LogP contribution is 2.29. The van der Waals surface area contributed by atoms with Crippen LogP contribution in [0.5, 0.6) is 0 Å². The number of hydrogen-bond acceptors (Lipinski definition) is 6. The fourth-order valence-electron chi connectivity index (χ4n) is 3.12. The first kappa shape index (κ1) is 23.9. The number of aryl methyl sites for hydroxylation is 3. The van der Waals surface area contributed by atoms with E-state index < -0.39 is 15.9 Å². The Labute approximate surface area is 206 Å². The Hall–Kier alpha value is -3.27. The summed E-state index contributed by atoms with van der Waals surface area (Å²) >= 11 is 7.40. The van der Waals surface area contributed by atoms with E-state index in [1.165, 1.54) is 29.5 Å². The van der Waals surface area contributed by atoms with E-state index >= 15 is 0 Å². The van der Waals surface area contributed by atoms with E-state index in [0.717, 1.165) is 22.3 Å². The van der Waals surface area contributed by atoms with E-state index in [4.69, 9.17) is 11.6 Å². The van der Waals surface area contributed by atoms with Gasteiger partial charge in [-0.2, -0.15) is 0 Å². The maximum Gasteiger partial charge on any atom is 0.263 e. The Morgan fingerprint density at radius 3 is 2.35 bits per heavy atom. The summed E-state index contributed by atoms with van der Waals surface area (Å²) in [7, 11) is -4.03. The Morgan fingerprint density at radius 2 is 1.65 bits per heavy atom. The van der Waals surface area contributed by atoms with Crippen LogP contribution in [0.4, 0.5) is 10.8 Å². The molecule has 0 spiro atoms. The Kier molecular flexibility index (Phi) is 6.70. The minimum atomic E-state index is -4.03. The maximum absolute atomic E-state index is 13.0. The van der Waals surface area contributed by atoms with Gasteiger partial charge >= 0.3 is 0 Å². The molecule has 0 unspecified atom stereocenters. The van der Waals surface area contributed by atoms with Gasteiger partial charge in [0.2, 0.25) is 5.13 Å². The van der Waals surface area contributed by atoms with E-state index in [2.05, 4.69) is 20.2 Å². The molecular weight excluding hydrogens is 492 g/mol. The standard InChI is InChI=1S/C24H21ClN4O3S2/c1-14-4-7-17(8-5-14)23-27-28-24(33-23)26-22(30)18-9-11-20(25)21(13-18)34(31,32)29-19-10-6-15(2)16(3)12-19/h4-13,29H,1-3H3,(H,26,28,30). The maximum atomic E-state index is 13.0. The molecule has 0 radical (unpaired) electrons. The van der Waals surface area contributed by atoms with Crippen LogP contribution in [-0.2, 0) is 10.0 Å². The molecule has 7 nitrogen and oxygen atoms in total. The highest BCUT2D eigenvalue weighted by atomic mass is 35.5. The molecule has 0 bridgehead atoms. The predicted octanol–water partition coefficient (Wildman–Crippen LogP) is 5.84. The highest BCUT2D eigenvalue weighted by Gasteiger charge is 2.21. The lowest BCUT2D eigenvalue weighted by atomic mass is 10.1. The van der Waals surface area contributed by atoms with Gasteiger partial charge in [-0.1, -0.05) is 58.8 Å². The predicted molar refractivity (Wildman–Crippen MR) is 136 cm³/mol. The summed E-state index contributed by atoms with van der Waals surface area (Å²) in [6, 6.07) is 17.1. The molecule has 34 heavy (non-hydrogen) atoms. The number of rotatable bonds is 6. The van der Waals surface area contributed by atoms with Crippen molar-refractivity contribution in [3.05, 3.63) is 87.9 Å². The lowest BCUT2D eigenvalue weighted by Crippen LogP contribution is -2.16. The van der Waals surface area contributed by atoms with Crippen molar-refractivity contribution in [1.82, 2.24) is 10.2 Å². The van der Waals surface area contributed by atoms with Crippen LogP contribution < -0.4 is 10.0 Å². The summed E-state index contributed by atoms with van der Waals surface area (Å²) in [4.78, 5) is 12.6. The van der Waals surface area contributed by atoms with Crippen LogP contribution in [0.1, 0.15) is 27.0 Å². The van der Waals surface area contributed by atoms with E-state index in [9.17, 15) is 13.2 Å². The third kappa shape index (κ3) is 5.27. The molecule has 174 valence electrons. The molecular formula is C24H21ClN4O3S2. The van der Waals surface area contributed by atoms with Crippen LogP contribution in [0.3, 0.4) is 0 Å². The molecule has 0 atom stereocenters.